The Labute approximate surface area is 140 Å². The van der Waals surface area contributed by atoms with Gasteiger partial charge in [-0.05, 0) is 37.1 Å². The number of aromatic nitrogens is 1. The molecule has 0 unspecified atom stereocenters. The summed E-state index contributed by atoms with van der Waals surface area (Å²) in [4.78, 5) is 25.6. The van der Waals surface area contributed by atoms with Crippen molar-refractivity contribution in [2.24, 2.45) is 5.92 Å². The topological polar surface area (TPSA) is 69.3 Å². The van der Waals surface area contributed by atoms with Crippen LogP contribution in [-0.2, 0) is 10.8 Å². The zero-order chi connectivity index (χ0) is 16.7. The van der Waals surface area contributed by atoms with E-state index in [9.17, 15) is 13.8 Å². The van der Waals surface area contributed by atoms with Gasteiger partial charge in [-0.1, -0.05) is 30.3 Å². The average molecular weight is 341 g/mol. The van der Waals surface area contributed by atoms with Crippen molar-refractivity contribution >= 4 is 27.8 Å². The zero-order valence-electron chi connectivity index (χ0n) is 12.8. The highest BCUT2D eigenvalue weighted by Gasteiger charge is 2.42. The van der Waals surface area contributed by atoms with Crippen LogP contribution in [0.15, 0.2) is 68.7 Å². The minimum atomic E-state index is -1.26. The molecule has 0 aliphatic heterocycles. The van der Waals surface area contributed by atoms with Crippen molar-refractivity contribution in [3.05, 3.63) is 65.1 Å². The molecule has 0 spiro atoms. The molecule has 1 fully saturated rings. The van der Waals surface area contributed by atoms with E-state index in [0.29, 0.717) is 28.8 Å². The Hall–Kier alpha value is -2.47. The van der Waals surface area contributed by atoms with Crippen molar-refractivity contribution < 1.29 is 13.4 Å². The first-order valence-corrected chi connectivity index (χ1v) is 8.98. The highest BCUT2D eigenvalue weighted by Crippen LogP contribution is 2.36. The third kappa shape index (κ3) is 2.34. The second kappa shape index (κ2) is 5.87. The van der Waals surface area contributed by atoms with Gasteiger partial charge in [-0.2, -0.15) is 0 Å². The molecule has 1 heterocycles. The molecule has 3 atom stereocenters. The van der Waals surface area contributed by atoms with E-state index in [1.807, 2.05) is 18.2 Å². The number of carbonyl (C=O) groups is 1. The number of para-hydroxylation sites is 2. The molecular weight excluding hydrogens is 326 g/mol. The lowest BCUT2D eigenvalue weighted by molar-refractivity contribution is 0.0768. The number of nitrogens with zero attached hydrogens (tertiary/aromatic N) is 1. The van der Waals surface area contributed by atoms with Crippen LogP contribution in [0.3, 0.4) is 0 Å². The highest BCUT2D eigenvalue weighted by atomic mass is 32.2. The van der Waals surface area contributed by atoms with Crippen molar-refractivity contribution in [1.82, 2.24) is 4.57 Å². The number of carbonyl (C=O) groups excluding carboxylic acids is 1. The summed E-state index contributed by atoms with van der Waals surface area (Å²) in [5.41, 5.74) is 0.847. The van der Waals surface area contributed by atoms with E-state index >= 15 is 0 Å². The van der Waals surface area contributed by atoms with Gasteiger partial charge in [0.05, 0.1) is 27.5 Å². The molecule has 0 bridgehead atoms. The second-order valence-corrected chi connectivity index (χ2v) is 7.51. The lowest BCUT2D eigenvalue weighted by Crippen LogP contribution is -2.44. The number of oxazole rings is 1. The van der Waals surface area contributed by atoms with Crippen LogP contribution in [0.25, 0.3) is 11.1 Å². The van der Waals surface area contributed by atoms with Crippen molar-refractivity contribution in [2.45, 2.75) is 23.0 Å². The van der Waals surface area contributed by atoms with Crippen molar-refractivity contribution in [2.75, 3.05) is 0 Å². The smallest absolute Gasteiger partial charge is 0.407 e. The summed E-state index contributed by atoms with van der Waals surface area (Å²) in [6.45, 7) is 0. The van der Waals surface area contributed by atoms with Gasteiger partial charge in [-0.25, -0.2) is 9.36 Å². The lowest BCUT2D eigenvalue weighted by atomic mass is 9.84. The normalized spacial score (nSPS) is 21.3. The van der Waals surface area contributed by atoms with E-state index in [-0.39, 0.29) is 11.2 Å². The maximum absolute atomic E-state index is 12.8. The average Bonchev–Trinajstić information content (AvgIpc) is 2.90. The SMILES string of the molecule is O=C([C@@H]1CC[C@H]1[S@@](=O)c1ccccc1)n1c(=O)oc2ccccc21. The maximum atomic E-state index is 12.8. The molecule has 1 saturated carbocycles. The summed E-state index contributed by atoms with van der Waals surface area (Å²) in [7, 11) is -1.26. The van der Waals surface area contributed by atoms with Gasteiger partial charge in [-0.3, -0.25) is 9.00 Å². The number of hydrogen-bond donors (Lipinski definition) is 0. The fraction of sp³-hybridized carbons (Fsp3) is 0.222. The van der Waals surface area contributed by atoms with Crippen LogP contribution in [0.1, 0.15) is 17.6 Å². The molecule has 3 aromatic rings. The summed E-state index contributed by atoms with van der Waals surface area (Å²) in [5, 5.41) is -0.263. The number of hydrogen-bond acceptors (Lipinski definition) is 4. The quantitative estimate of drug-likeness (QED) is 0.734. The first-order valence-electron chi connectivity index (χ1n) is 7.77. The van der Waals surface area contributed by atoms with Crippen LogP contribution in [0, 0.1) is 5.92 Å². The van der Waals surface area contributed by atoms with Crippen LogP contribution in [0.4, 0.5) is 0 Å². The lowest BCUT2D eigenvalue weighted by Gasteiger charge is -2.34. The van der Waals surface area contributed by atoms with Crippen LogP contribution < -0.4 is 5.76 Å². The van der Waals surface area contributed by atoms with Gasteiger partial charge in [0.15, 0.2) is 5.58 Å². The predicted octanol–water partition coefficient (Wildman–Crippen LogP) is 2.82. The molecular formula is C18H15NO4S. The molecule has 0 saturated heterocycles. The highest BCUT2D eigenvalue weighted by molar-refractivity contribution is 7.85. The summed E-state index contributed by atoms with van der Waals surface area (Å²) < 4.78 is 18.9. The molecule has 0 amide bonds. The summed E-state index contributed by atoms with van der Waals surface area (Å²) in [6.07, 6.45) is 1.34. The summed E-state index contributed by atoms with van der Waals surface area (Å²) in [5.74, 6) is -1.44. The van der Waals surface area contributed by atoms with Crippen molar-refractivity contribution in [3.63, 3.8) is 0 Å². The summed E-state index contributed by atoms with van der Waals surface area (Å²) >= 11 is 0. The molecule has 5 nitrogen and oxygen atoms in total. The minimum Gasteiger partial charge on any atom is -0.407 e. The van der Waals surface area contributed by atoms with Crippen LogP contribution in [0.5, 0.6) is 0 Å². The Morgan fingerprint density at radius 2 is 1.75 bits per heavy atom. The minimum absolute atomic E-state index is 0.263. The maximum Gasteiger partial charge on any atom is 0.426 e. The zero-order valence-corrected chi connectivity index (χ0v) is 13.6. The van der Waals surface area contributed by atoms with E-state index in [1.165, 1.54) is 0 Å². The third-order valence-corrected chi connectivity index (χ3v) is 6.34. The summed E-state index contributed by atoms with van der Waals surface area (Å²) in [6, 6.07) is 16.0. The van der Waals surface area contributed by atoms with Crippen molar-refractivity contribution in [1.29, 1.82) is 0 Å². The van der Waals surface area contributed by atoms with Gasteiger partial charge in [0.1, 0.15) is 0 Å². The molecule has 2 aromatic carbocycles. The van der Waals surface area contributed by atoms with Gasteiger partial charge >= 0.3 is 5.76 Å². The first kappa shape index (κ1) is 15.1. The molecule has 24 heavy (non-hydrogen) atoms. The van der Waals surface area contributed by atoms with Crippen molar-refractivity contribution in [3.8, 4) is 0 Å². The molecule has 0 N–H and O–H groups in total. The fourth-order valence-electron chi connectivity index (χ4n) is 3.08. The van der Waals surface area contributed by atoms with Gasteiger partial charge in [-0.15, -0.1) is 0 Å². The van der Waals surface area contributed by atoms with Gasteiger partial charge < -0.3 is 4.42 Å². The molecule has 1 aliphatic rings. The van der Waals surface area contributed by atoms with Crippen LogP contribution in [-0.4, -0.2) is 19.9 Å². The molecule has 1 aliphatic carbocycles. The Morgan fingerprint density at radius 1 is 1.04 bits per heavy atom. The van der Waals surface area contributed by atoms with E-state index in [2.05, 4.69) is 0 Å². The molecule has 4 rings (SSSR count). The molecule has 0 radical (unpaired) electrons. The number of fused-ring (bicyclic) bond motifs is 1. The van der Waals surface area contributed by atoms with Gasteiger partial charge in [0.25, 0.3) is 0 Å². The van der Waals surface area contributed by atoms with Crippen LogP contribution in [0.2, 0.25) is 0 Å². The Bertz CT molecular complexity index is 989. The van der Waals surface area contributed by atoms with Crippen LogP contribution >= 0.6 is 0 Å². The largest absolute Gasteiger partial charge is 0.426 e. The first-order chi connectivity index (χ1) is 11.7. The Morgan fingerprint density at radius 3 is 2.46 bits per heavy atom. The number of rotatable bonds is 3. The fourth-order valence-corrected chi connectivity index (χ4v) is 4.75. The Balaban J connectivity index is 1.66. The van der Waals surface area contributed by atoms with E-state index in [0.717, 1.165) is 4.57 Å². The third-order valence-electron chi connectivity index (χ3n) is 4.49. The van der Waals surface area contributed by atoms with E-state index in [1.54, 1.807) is 36.4 Å². The van der Waals surface area contributed by atoms with E-state index in [4.69, 9.17) is 4.42 Å². The molecule has 1 aromatic heterocycles. The standard InChI is InChI=1S/C18H15NO4S/c20-17(19-14-8-4-5-9-15(14)23-18(19)21)13-10-11-16(13)24(22)12-6-2-1-3-7-12/h1-9,13,16H,10-11H2/t13-,16-,24+/m1/s1. The van der Waals surface area contributed by atoms with E-state index < -0.39 is 22.5 Å². The predicted molar refractivity (Wildman–Crippen MR) is 90.5 cm³/mol. The monoisotopic (exact) mass is 341 g/mol. The second-order valence-electron chi connectivity index (χ2n) is 5.84. The molecule has 6 heteroatoms. The Kier molecular flexibility index (Phi) is 3.69. The van der Waals surface area contributed by atoms with Gasteiger partial charge in [0.2, 0.25) is 5.91 Å². The molecule has 122 valence electrons. The van der Waals surface area contributed by atoms with Gasteiger partial charge in [0, 0.05) is 4.90 Å². The number of benzene rings is 2.